The standard InChI is InChI=1S/C19H16N2O4/c22-17-11-13(14-8-4-5-9-15(14)20-17)10-16(19(24)25)21-18(23)12-6-2-1-3-7-12/h1-9,11,16H,10H2,(H,20,22)(H,21,23)(H,24,25). The van der Waals surface area contributed by atoms with Crippen LogP contribution in [-0.2, 0) is 11.2 Å². The van der Waals surface area contributed by atoms with Crippen molar-refractivity contribution in [3.63, 3.8) is 0 Å². The lowest BCUT2D eigenvalue weighted by atomic mass is 10.0. The maximum Gasteiger partial charge on any atom is 0.326 e. The molecule has 0 aliphatic carbocycles. The van der Waals surface area contributed by atoms with Crippen LogP contribution in [0.2, 0.25) is 0 Å². The van der Waals surface area contributed by atoms with Crippen LogP contribution in [0.1, 0.15) is 15.9 Å². The van der Waals surface area contributed by atoms with Crippen LogP contribution in [0.15, 0.2) is 65.5 Å². The summed E-state index contributed by atoms with van der Waals surface area (Å²) in [6, 6.07) is 15.8. The number of nitrogens with one attached hydrogen (secondary N) is 2. The highest BCUT2D eigenvalue weighted by molar-refractivity contribution is 5.96. The number of hydrogen-bond donors (Lipinski definition) is 3. The summed E-state index contributed by atoms with van der Waals surface area (Å²) in [5, 5.41) is 12.7. The minimum absolute atomic E-state index is 0.0122. The number of rotatable bonds is 5. The summed E-state index contributed by atoms with van der Waals surface area (Å²) in [4.78, 5) is 38.3. The van der Waals surface area contributed by atoms with Crippen LogP contribution in [0.4, 0.5) is 0 Å². The first-order valence-corrected chi connectivity index (χ1v) is 7.74. The van der Waals surface area contributed by atoms with Crippen LogP contribution in [0.3, 0.4) is 0 Å². The third-order valence-electron chi connectivity index (χ3n) is 3.90. The molecule has 0 spiro atoms. The van der Waals surface area contributed by atoms with E-state index >= 15 is 0 Å². The molecule has 2 aromatic carbocycles. The number of carboxylic acid groups (broad SMARTS) is 1. The SMILES string of the molecule is O=C(NC(Cc1cc(=O)[nH]c2ccccc12)C(=O)O)c1ccccc1. The van der Waals surface area contributed by atoms with Gasteiger partial charge in [0.25, 0.3) is 5.91 Å². The first kappa shape index (κ1) is 16.4. The van der Waals surface area contributed by atoms with Crippen molar-refractivity contribution in [1.82, 2.24) is 10.3 Å². The molecule has 1 amide bonds. The second-order valence-electron chi connectivity index (χ2n) is 5.64. The normalized spacial score (nSPS) is 11.8. The first-order chi connectivity index (χ1) is 12.0. The molecule has 25 heavy (non-hydrogen) atoms. The van der Waals surface area contributed by atoms with E-state index in [0.717, 1.165) is 5.39 Å². The summed E-state index contributed by atoms with van der Waals surface area (Å²) in [6.45, 7) is 0. The molecule has 1 atom stereocenters. The smallest absolute Gasteiger partial charge is 0.326 e. The number of para-hydroxylation sites is 1. The molecule has 3 aromatic rings. The molecule has 1 aromatic heterocycles. The first-order valence-electron chi connectivity index (χ1n) is 7.74. The summed E-state index contributed by atoms with van der Waals surface area (Å²) in [5.41, 5.74) is 1.26. The Morgan fingerprint density at radius 3 is 2.44 bits per heavy atom. The highest BCUT2D eigenvalue weighted by Crippen LogP contribution is 2.16. The van der Waals surface area contributed by atoms with E-state index < -0.39 is 17.9 Å². The van der Waals surface area contributed by atoms with Gasteiger partial charge in [-0.1, -0.05) is 36.4 Å². The van der Waals surface area contributed by atoms with Gasteiger partial charge in [-0.05, 0) is 23.8 Å². The topological polar surface area (TPSA) is 99.3 Å². The molecule has 0 bridgehead atoms. The highest BCUT2D eigenvalue weighted by Gasteiger charge is 2.22. The lowest BCUT2D eigenvalue weighted by Crippen LogP contribution is -2.42. The second kappa shape index (κ2) is 7.00. The quantitative estimate of drug-likeness (QED) is 0.663. The fourth-order valence-corrected chi connectivity index (χ4v) is 2.70. The van der Waals surface area contributed by atoms with E-state index in [2.05, 4.69) is 10.3 Å². The van der Waals surface area contributed by atoms with Crippen LogP contribution in [-0.4, -0.2) is 28.0 Å². The van der Waals surface area contributed by atoms with Gasteiger partial charge >= 0.3 is 5.97 Å². The Balaban J connectivity index is 1.89. The Morgan fingerprint density at radius 2 is 1.72 bits per heavy atom. The van der Waals surface area contributed by atoms with Gasteiger partial charge in [-0.25, -0.2) is 4.79 Å². The van der Waals surface area contributed by atoms with E-state index in [1.54, 1.807) is 48.5 Å². The Hall–Kier alpha value is -3.41. The van der Waals surface area contributed by atoms with Gasteiger partial charge in [-0.3, -0.25) is 9.59 Å². The zero-order valence-corrected chi connectivity index (χ0v) is 13.2. The molecule has 0 aliphatic heterocycles. The lowest BCUT2D eigenvalue weighted by molar-refractivity contribution is -0.139. The fraction of sp³-hybridized carbons (Fsp3) is 0.105. The number of pyridine rings is 1. The maximum absolute atomic E-state index is 12.2. The Bertz CT molecular complexity index is 979. The summed E-state index contributed by atoms with van der Waals surface area (Å²) in [5.74, 6) is -1.63. The van der Waals surface area contributed by atoms with Gasteiger partial charge in [-0.2, -0.15) is 0 Å². The average Bonchev–Trinajstić information content (AvgIpc) is 2.61. The summed E-state index contributed by atoms with van der Waals surface area (Å²) >= 11 is 0. The number of hydrogen-bond acceptors (Lipinski definition) is 3. The van der Waals surface area contributed by atoms with Crippen LogP contribution in [0.5, 0.6) is 0 Å². The summed E-state index contributed by atoms with van der Waals surface area (Å²) in [7, 11) is 0. The third kappa shape index (κ3) is 3.74. The molecule has 126 valence electrons. The van der Waals surface area contributed by atoms with E-state index in [9.17, 15) is 19.5 Å². The van der Waals surface area contributed by atoms with Crippen molar-refractivity contribution in [3.8, 4) is 0 Å². The predicted octanol–water partition coefficient (Wildman–Crippen LogP) is 1.95. The molecule has 6 nitrogen and oxygen atoms in total. The maximum atomic E-state index is 12.2. The zero-order chi connectivity index (χ0) is 17.8. The molecule has 0 fully saturated rings. The number of fused-ring (bicyclic) bond motifs is 1. The number of aromatic nitrogens is 1. The number of aromatic amines is 1. The van der Waals surface area contributed by atoms with Crippen molar-refractivity contribution >= 4 is 22.8 Å². The molecular weight excluding hydrogens is 320 g/mol. The molecule has 3 N–H and O–H groups in total. The average molecular weight is 336 g/mol. The third-order valence-corrected chi connectivity index (χ3v) is 3.90. The van der Waals surface area contributed by atoms with Gasteiger partial charge in [0, 0.05) is 29.0 Å². The molecular formula is C19H16N2O4. The fourth-order valence-electron chi connectivity index (χ4n) is 2.70. The molecule has 1 heterocycles. The van der Waals surface area contributed by atoms with Gasteiger partial charge in [-0.15, -0.1) is 0 Å². The van der Waals surface area contributed by atoms with Gasteiger partial charge in [0.1, 0.15) is 6.04 Å². The molecule has 1 unspecified atom stereocenters. The lowest BCUT2D eigenvalue weighted by Gasteiger charge is -2.16. The van der Waals surface area contributed by atoms with Crippen molar-refractivity contribution in [1.29, 1.82) is 0 Å². The van der Waals surface area contributed by atoms with E-state index in [4.69, 9.17) is 0 Å². The van der Waals surface area contributed by atoms with Crippen molar-refractivity contribution in [2.45, 2.75) is 12.5 Å². The molecule has 6 heteroatoms. The Morgan fingerprint density at radius 1 is 1.04 bits per heavy atom. The highest BCUT2D eigenvalue weighted by atomic mass is 16.4. The number of amides is 1. The Labute approximate surface area is 143 Å². The van der Waals surface area contributed by atoms with E-state index in [1.165, 1.54) is 6.07 Å². The van der Waals surface area contributed by atoms with Gasteiger partial charge < -0.3 is 15.4 Å². The van der Waals surface area contributed by atoms with Crippen LogP contribution in [0, 0.1) is 0 Å². The number of carbonyl (C=O) groups is 2. The second-order valence-corrected chi connectivity index (χ2v) is 5.64. The van der Waals surface area contributed by atoms with E-state index in [0.29, 0.717) is 16.6 Å². The van der Waals surface area contributed by atoms with E-state index in [1.807, 2.05) is 6.07 Å². The largest absolute Gasteiger partial charge is 0.480 e. The number of carbonyl (C=O) groups excluding carboxylic acids is 1. The molecule has 0 saturated heterocycles. The number of H-pyrrole nitrogens is 1. The predicted molar refractivity (Wildman–Crippen MR) is 93.6 cm³/mol. The van der Waals surface area contributed by atoms with Gasteiger partial charge in [0.05, 0.1) is 0 Å². The zero-order valence-electron chi connectivity index (χ0n) is 13.2. The molecule has 3 rings (SSSR count). The number of benzene rings is 2. The summed E-state index contributed by atoms with van der Waals surface area (Å²) < 4.78 is 0. The van der Waals surface area contributed by atoms with Crippen molar-refractivity contribution in [3.05, 3.63) is 82.1 Å². The van der Waals surface area contributed by atoms with E-state index in [-0.39, 0.29) is 12.0 Å². The van der Waals surface area contributed by atoms with Crippen molar-refractivity contribution in [2.75, 3.05) is 0 Å². The van der Waals surface area contributed by atoms with Gasteiger partial charge in [0.15, 0.2) is 0 Å². The Kier molecular flexibility index (Phi) is 4.61. The van der Waals surface area contributed by atoms with Crippen molar-refractivity contribution < 1.29 is 14.7 Å². The minimum Gasteiger partial charge on any atom is -0.480 e. The number of aliphatic carboxylic acids is 1. The summed E-state index contributed by atoms with van der Waals surface area (Å²) in [6.07, 6.45) is 0.0122. The molecule has 0 aliphatic rings. The van der Waals surface area contributed by atoms with Gasteiger partial charge in [0.2, 0.25) is 5.56 Å². The monoisotopic (exact) mass is 336 g/mol. The van der Waals surface area contributed by atoms with Crippen LogP contribution in [0.25, 0.3) is 10.9 Å². The number of carboxylic acids is 1. The van der Waals surface area contributed by atoms with Crippen molar-refractivity contribution in [2.24, 2.45) is 0 Å². The minimum atomic E-state index is -1.16. The molecule has 0 saturated carbocycles. The van der Waals surface area contributed by atoms with Crippen LogP contribution < -0.4 is 10.9 Å². The molecule has 0 radical (unpaired) electrons. The van der Waals surface area contributed by atoms with Crippen LogP contribution >= 0.6 is 0 Å².